The molecule has 2 heterocycles. The second-order valence-corrected chi connectivity index (χ2v) is 10.7. The zero-order chi connectivity index (χ0) is 25.5. The molecule has 2 aliphatic rings. The summed E-state index contributed by atoms with van der Waals surface area (Å²) in [5, 5.41) is 0. The largest absolute Gasteiger partial charge is 0.465 e. The van der Waals surface area contributed by atoms with Crippen molar-refractivity contribution in [1.82, 2.24) is 9.80 Å². The summed E-state index contributed by atoms with van der Waals surface area (Å²) < 4.78 is 5.22. The number of carbonyl (C=O) groups excluding carboxylic acids is 3. The van der Waals surface area contributed by atoms with E-state index in [-0.39, 0.29) is 11.8 Å². The zero-order valence-electron chi connectivity index (χ0n) is 20.4. The number of ether oxygens (including phenoxy) is 1. The van der Waals surface area contributed by atoms with Crippen LogP contribution in [0.5, 0.6) is 0 Å². The van der Waals surface area contributed by atoms with Gasteiger partial charge in [0.15, 0.2) is 0 Å². The topological polar surface area (TPSA) is 66.9 Å². The number of hydrogen-bond donors (Lipinski definition) is 0. The number of methoxy groups -OCH3 is 1. The van der Waals surface area contributed by atoms with Gasteiger partial charge in [-0.2, -0.15) is 0 Å². The lowest BCUT2D eigenvalue weighted by Gasteiger charge is -2.32. The molecule has 0 aromatic heterocycles. The lowest BCUT2D eigenvalue weighted by atomic mass is 9.90. The average molecular weight is 523 g/mol. The summed E-state index contributed by atoms with van der Waals surface area (Å²) in [7, 11) is 1.34. The predicted octanol–water partition coefficient (Wildman–Crippen LogP) is 4.94. The Balaban J connectivity index is 1.22. The highest BCUT2D eigenvalue weighted by molar-refractivity contribution is 8.26. The smallest absolute Gasteiger partial charge is 0.337 e. The lowest BCUT2D eigenvalue weighted by Crippen LogP contribution is -2.39. The van der Waals surface area contributed by atoms with Gasteiger partial charge < -0.3 is 9.64 Å². The summed E-state index contributed by atoms with van der Waals surface area (Å²) in [6.07, 6.45) is 5.89. The van der Waals surface area contributed by atoms with E-state index in [4.69, 9.17) is 17.0 Å². The van der Waals surface area contributed by atoms with Gasteiger partial charge in [0.2, 0.25) is 5.91 Å². The number of nitrogens with zero attached hydrogens (tertiary/aromatic N) is 2. The van der Waals surface area contributed by atoms with E-state index in [2.05, 4.69) is 24.3 Å². The molecule has 2 saturated heterocycles. The third kappa shape index (κ3) is 6.62. The minimum atomic E-state index is -0.404. The third-order valence-electron chi connectivity index (χ3n) is 6.61. The van der Waals surface area contributed by atoms with Gasteiger partial charge in [0.1, 0.15) is 4.32 Å². The summed E-state index contributed by atoms with van der Waals surface area (Å²) >= 11 is 6.68. The molecule has 2 amide bonds. The fourth-order valence-electron chi connectivity index (χ4n) is 4.56. The van der Waals surface area contributed by atoms with E-state index in [0.717, 1.165) is 37.9 Å². The number of hydrogen-bond acceptors (Lipinski definition) is 6. The Morgan fingerprint density at radius 3 is 2.44 bits per heavy atom. The monoisotopic (exact) mass is 522 g/mol. The Kier molecular flexibility index (Phi) is 8.93. The molecule has 0 N–H and O–H groups in total. The number of rotatable bonds is 8. The number of amides is 2. The van der Waals surface area contributed by atoms with Crippen LogP contribution in [0.15, 0.2) is 59.5 Å². The molecule has 2 fully saturated rings. The first-order valence-corrected chi connectivity index (χ1v) is 13.4. The lowest BCUT2D eigenvalue weighted by molar-refractivity contribution is -0.133. The number of piperidine rings is 1. The van der Waals surface area contributed by atoms with Crippen molar-refractivity contribution in [3.05, 3.63) is 76.2 Å². The molecule has 2 aromatic rings. The van der Waals surface area contributed by atoms with Crippen LogP contribution in [-0.4, -0.2) is 58.6 Å². The van der Waals surface area contributed by atoms with Crippen molar-refractivity contribution in [1.29, 1.82) is 0 Å². The Hall–Kier alpha value is -2.97. The fourth-order valence-corrected chi connectivity index (χ4v) is 5.87. The van der Waals surface area contributed by atoms with Crippen molar-refractivity contribution in [2.45, 2.75) is 32.1 Å². The maximum Gasteiger partial charge on any atom is 0.337 e. The number of thiocarbonyl (C=S) groups is 1. The Morgan fingerprint density at radius 2 is 1.78 bits per heavy atom. The highest BCUT2D eigenvalue weighted by Gasteiger charge is 2.32. The van der Waals surface area contributed by atoms with Crippen molar-refractivity contribution in [2.75, 3.05) is 26.7 Å². The SMILES string of the molecule is COC(=O)c1ccc(C=C2SC(=S)N(CCCC(=O)N3CCC(Cc4ccccc4)CC3)C2=O)cc1. The van der Waals surface area contributed by atoms with Gasteiger partial charge in [-0.1, -0.05) is 66.4 Å². The van der Waals surface area contributed by atoms with Crippen LogP contribution in [0.1, 0.15) is 47.2 Å². The van der Waals surface area contributed by atoms with E-state index < -0.39 is 5.97 Å². The van der Waals surface area contributed by atoms with Crippen molar-refractivity contribution < 1.29 is 19.1 Å². The van der Waals surface area contributed by atoms with Crippen LogP contribution in [-0.2, 0) is 20.7 Å². The van der Waals surface area contributed by atoms with Gasteiger partial charge in [0.25, 0.3) is 5.91 Å². The predicted molar refractivity (Wildman–Crippen MR) is 146 cm³/mol. The molecule has 0 unspecified atom stereocenters. The van der Waals surface area contributed by atoms with Crippen molar-refractivity contribution in [2.24, 2.45) is 5.92 Å². The minimum absolute atomic E-state index is 0.142. The third-order valence-corrected chi connectivity index (χ3v) is 7.99. The van der Waals surface area contributed by atoms with Gasteiger partial charge in [-0.05, 0) is 60.9 Å². The number of likely N-dealkylation sites (tertiary alicyclic amines) is 1. The summed E-state index contributed by atoms with van der Waals surface area (Å²) in [6.45, 7) is 2.03. The first-order valence-electron chi connectivity index (χ1n) is 12.2. The van der Waals surface area contributed by atoms with Crippen molar-refractivity contribution in [3.8, 4) is 0 Å². The van der Waals surface area contributed by atoms with E-state index in [1.54, 1.807) is 35.2 Å². The number of esters is 1. The molecule has 0 spiro atoms. The van der Waals surface area contributed by atoms with E-state index in [1.165, 1.54) is 24.4 Å². The van der Waals surface area contributed by atoms with Gasteiger partial charge in [0, 0.05) is 26.1 Å². The molecule has 8 heteroatoms. The summed E-state index contributed by atoms with van der Waals surface area (Å²) in [4.78, 5) is 41.3. The van der Waals surface area contributed by atoms with Gasteiger partial charge in [-0.3, -0.25) is 14.5 Å². The second kappa shape index (κ2) is 12.3. The quantitative estimate of drug-likeness (QED) is 0.278. The summed E-state index contributed by atoms with van der Waals surface area (Å²) in [5.41, 5.74) is 2.61. The molecule has 0 atom stereocenters. The molecule has 4 rings (SSSR count). The van der Waals surface area contributed by atoms with E-state index >= 15 is 0 Å². The molecular formula is C28H30N2O4S2. The number of benzene rings is 2. The molecule has 0 bridgehead atoms. The van der Waals surface area contributed by atoms with Crippen LogP contribution in [0.2, 0.25) is 0 Å². The van der Waals surface area contributed by atoms with E-state index in [0.29, 0.717) is 40.1 Å². The number of thioether (sulfide) groups is 1. The molecule has 0 saturated carbocycles. The zero-order valence-corrected chi connectivity index (χ0v) is 22.0. The van der Waals surface area contributed by atoms with Crippen LogP contribution >= 0.6 is 24.0 Å². The van der Waals surface area contributed by atoms with Crippen molar-refractivity contribution >= 4 is 52.2 Å². The van der Waals surface area contributed by atoms with Gasteiger partial charge in [-0.25, -0.2) is 4.79 Å². The van der Waals surface area contributed by atoms with Crippen LogP contribution < -0.4 is 0 Å². The van der Waals surface area contributed by atoms with E-state index in [1.807, 2.05) is 11.0 Å². The Labute approximate surface area is 221 Å². The maximum atomic E-state index is 12.9. The molecule has 2 aliphatic heterocycles. The standard InChI is InChI=1S/C28H30N2O4S2/c1-34-27(33)23-11-9-21(10-12-23)19-24-26(32)30(28(35)36-24)15-5-8-25(31)29-16-13-22(14-17-29)18-20-6-3-2-4-7-20/h2-4,6-7,9-12,19,22H,5,8,13-18H2,1H3. The Bertz CT molecular complexity index is 1140. The molecule has 188 valence electrons. The highest BCUT2D eigenvalue weighted by atomic mass is 32.2. The molecule has 2 aromatic carbocycles. The molecule has 36 heavy (non-hydrogen) atoms. The fraction of sp³-hybridized carbons (Fsp3) is 0.357. The second-order valence-electron chi connectivity index (χ2n) is 9.06. The van der Waals surface area contributed by atoms with Crippen molar-refractivity contribution in [3.63, 3.8) is 0 Å². The molecule has 6 nitrogen and oxygen atoms in total. The summed E-state index contributed by atoms with van der Waals surface area (Å²) in [6, 6.07) is 17.4. The van der Waals surface area contributed by atoms with Gasteiger partial charge >= 0.3 is 5.97 Å². The summed E-state index contributed by atoms with van der Waals surface area (Å²) in [5.74, 6) is 0.227. The highest BCUT2D eigenvalue weighted by Crippen LogP contribution is 2.33. The average Bonchev–Trinajstić information content (AvgIpc) is 3.17. The first kappa shape index (κ1) is 26.1. The molecular weight excluding hydrogens is 492 g/mol. The van der Waals surface area contributed by atoms with Gasteiger partial charge in [-0.15, -0.1) is 0 Å². The molecule has 0 radical (unpaired) electrons. The van der Waals surface area contributed by atoms with Crippen LogP contribution in [0.3, 0.4) is 0 Å². The first-order chi connectivity index (χ1) is 17.4. The maximum absolute atomic E-state index is 12.9. The van der Waals surface area contributed by atoms with Gasteiger partial charge in [0.05, 0.1) is 17.6 Å². The normalized spacial score (nSPS) is 17.6. The molecule has 0 aliphatic carbocycles. The van der Waals surface area contributed by atoms with Crippen LogP contribution in [0.4, 0.5) is 0 Å². The minimum Gasteiger partial charge on any atom is -0.465 e. The Morgan fingerprint density at radius 1 is 1.08 bits per heavy atom. The number of carbonyl (C=O) groups is 3. The van der Waals surface area contributed by atoms with E-state index in [9.17, 15) is 14.4 Å². The van der Waals surface area contributed by atoms with Crippen LogP contribution in [0, 0.1) is 5.92 Å². The van der Waals surface area contributed by atoms with Crippen LogP contribution in [0.25, 0.3) is 6.08 Å².